The maximum atomic E-state index is 10.8. The van der Waals surface area contributed by atoms with Crippen LogP contribution in [0.15, 0.2) is 29.8 Å². The molecule has 0 N–H and O–H groups in total. The fourth-order valence-corrected chi connectivity index (χ4v) is 2.46. The minimum Gasteiger partial charge on any atom is -0.374 e. The van der Waals surface area contributed by atoms with Crippen molar-refractivity contribution in [2.75, 3.05) is 18.5 Å². The molecule has 6 heteroatoms. The molecular weight excluding hydrogens is 262 g/mol. The maximum Gasteiger partial charge on any atom is 0.272 e. The van der Waals surface area contributed by atoms with Gasteiger partial charge in [0.2, 0.25) is 0 Å². The molecule has 0 saturated carbocycles. The molecule has 100 valence electrons. The second-order valence-corrected chi connectivity index (χ2v) is 5.30. The van der Waals surface area contributed by atoms with Crippen LogP contribution in [0.5, 0.6) is 0 Å². The third-order valence-electron chi connectivity index (χ3n) is 2.96. The number of aromatic nitrogens is 1. The molecular formula is C13H15N3O2S. The van der Waals surface area contributed by atoms with Gasteiger partial charge in [0.15, 0.2) is 0 Å². The van der Waals surface area contributed by atoms with Gasteiger partial charge in [-0.25, -0.2) is 4.98 Å². The zero-order chi connectivity index (χ0) is 13.8. The summed E-state index contributed by atoms with van der Waals surface area (Å²) < 4.78 is 0. The summed E-state index contributed by atoms with van der Waals surface area (Å²) in [5.74, 6) is 0. The molecule has 19 heavy (non-hydrogen) atoms. The van der Waals surface area contributed by atoms with Gasteiger partial charge in [-0.3, -0.25) is 10.1 Å². The SMILES string of the molecule is Cc1cc(N(C)CCc2nccs2)ccc1[N+](=O)[O-]. The van der Waals surface area contributed by atoms with Crippen LogP contribution >= 0.6 is 11.3 Å². The summed E-state index contributed by atoms with van der Waals surface area (Å²) in [6.07, 6.45) is 2.68. The molecule has 1 aromatic heterocycles. The van der Waals surface area contributed by atoms with Crippen LogP contribution in [0.4, 0.5) is 11.4 Å². The molecule has 0 aliphatic heterocycles. The molecule has 0 radical (unpaired) electrons. The first-order valence-corrected chi connectivity index (χ1v) is 6.80. The number of aryl methyl sites for hydroxylation is 1. The molecule has 0 fully saturated rings. The Balaban J connectivity index is 2.05. The number of benzene rings is 1. The van der Waals surface area contributed by atoms with Gasteiger partial charge in [-0.05, 0) is 19.1 Å². The van der Waals surface area contributed by atoms with Crippen molar-refractivity contribution in [1.29, 1.82) is 0 Å². The van der Waals surface area contributed by atoms with Gasteiger partial charge in [0, 0.05) is 48.9 Å². The van der Waals surface area contributed by atoms with Gasteiger partial charge in [-0.15, -0.1) is 11.3 Å². The van der Waals surface area contributed by atoms with E-state index >= 15 is 0 Å². The molecule has 0 unspecified atom stereocenters. The Morgan fingerprint density at radius 2 is 2.26 bits per heavy atom. The fourth-order valence-electron chi connectivity index (χ4n) is 1.85. The highest BCUT2D eigenvalue weighted by Crippen LogP contribution is 2.23. The normalized spacial score (nSPS) is 10.4. The molecule has 0 aliphatic rings. The summed E-state index contributed by atoms with van der Waals surface area (Å²) in [5.41, 5.74) is 1.83. The highest BCUT2D eigenvalue weighted by Gasteiger charge is 2.11. The average molecular weight is 277 g/mol. The highest BCUT2D eigenvalue weighted by molar-refractivity contribution is 7.09. The Morgan fingerprint density at radius 3 is 2.84 bits per heavy atom. The Hall–Kier alpha value is -1.95. The second kappa shape index (κ2) is 5.79. The predicted octanol–water partition coefficient (Wildman–Crippen LogP) is 3.04. The largest absolute Gasteiger partial charge is 0.374 e. The van der Waals surface area contributed by atoms with E-state index in [2.05, 4.69) is 9.88 Å². The van der Waals surface area contributed by atoms with Gasteiger partial charge in [-0.1, -0.05) is 0 Å². The summed E-state index contributed by atoms with van der Waals surface area (Å²) >= 11 is 1.64. The van der Waals surface area contributed by atoms with Crippen molar-refractivity contribution in [2.45, 2.75) is 13.3 Å². The quantitative estimate of drug-likeness (QED) is 0.622. The Labute approximate surface area is 115 Å². The van der Waals surface area contributed by atoms with Crippen LogP contribution in [0.1, 0.15) is 10.6 Å². The van der Waals surface area contributed by atoms with E-state index in [0.717, 1.165) is 23.7 Å². The van der Waals surface area contributed by atoms with Crippen molar-refractivity contribution in [3.05, 3.63) is 50.5 Å². The van der Waals surface area contributed by atoms with Crippen molar-refractivity contribution in [2.24, 2.45) is 0 Å². The number of hydrogen-bond acceptors (Lipinski definition) is 5. The van der Waals surface area contributed by atoms with E-state index < -0.39 is 0 Å². The van der Waals surface area contributed by atoms with E-state index in [4.69, 9.17) is 0 Å². The van der Waals surface area contributed by atoms with Crippen LogP contribution in [-0.2, 0) is 6.42 Å². The molecule has 0 atom stereocenters. The number of hydrogen-bond donors (Lipinski definition) is 0. The molecule has 5 nitrogen and oxygen atoms in total. The van der Waals surface area contributed by atoms with Crippen LogP contribution in [-0.4, -0.2) is 23.5 Å². The van der Waals surface area contributed by atoms with Gasteiger partial charge in [0.1, 0.15) is 0 Å². The van der Waals surface area contributed by atoms with Gasteiger partial charge in [0.25, 0.3) is 5.69 Å². The third-order valence-corrected chi connectivity index (χ3v) is 3.80. The Morgan fingerprint density at radius 1 is 1.47 bits per heavy atom. The number of nitro benzene ring substituents is 1. The molecule has 0 amide bonds. The monoisotopic (exact) mass is 277 g/mol. The number of rotatable bonds is 5. The number of likely N-dealkylation sites (N-methyl/N-ethyl adjacent to an activating group) is 1. The maximum absolute atomic E-state index is 10.8. The minimum absolute atomic E-state index is 0.164. The topological polar surface area (TPSA) is 59.3 Å². The lowest BCUT2D eigenvalue weighted by Crippen LogP contribution is -2.20. The Bertz CT molecular complexity index is 569. The second-order valence-electron chi connectivity index (χ2n) is 4.33. The van der Waals surface area contributed by atoms with E-state index in [0.29, 0.717) is 5.56 Å². The first kappa shape index (κ1) is 13.5. The Kier molecular flexibility index (Phi) is 4.11. The van der Waals surface area contributed by atoms with Crippen molar-refractivity contribution in [3.63, 3.8) is 0 Å². The lowest BCUT2D eigenvalue weighted by atomic mass is 10.1. The van der Waals surface area contributed by atoms with Crippen molar-refractivity contribution in [3.8, 4) is 0 Å². The lowest BCUT2D eigenvalue weighted by Gasteiger charge is -2.19. The molecule has 1 aromatic carbocycles. The summed E-state index contributed by atoms with van der Waals surface area (Å²) in [5, 5.41) is 13.8. The molecule has 0 spiro atoms. The van der Waals surface area contributed by atoms with Gasteiger partial charge < -0.3 is 4.90 Å². The molecule has 0 aliphatic carbocycles. The third kappa shape index (κ3) is 3.29. The lowest BCUT2D eigenvalue weighted by molar-refractivity contribution is -0.385. The zero-order valence-corrected chi connectivity index (χ0v) is 11.7. The summed E-state index contributed by atoms with van der Waals surface area (Å²) in [7, 11) is 1.98. The van der Waals surface area contributed by atoms with E-state index in [1.54, 1.807) is 36.6 Å². The van der Waals surface area contributed by atoms with Gasteiger partial charge in [-0.2, -0.15) is 0 Å². The molecule has 2 rings (SSSR count). The van der Waals surface area contributed by atoms with Crippen LogP contribution in [0, 0.1) is 17.0 Å². The first-order valence-electron chi connectivity index (χ1n) is 5.92. The average Bonchev–Trinajstić information content (AvgIpc) is 2.88. The smallest absolute Gasteiger partial charge is 0.272 e. The number of nitro groups is 1. The van der Waals surface area contributed by atoms with Crippen LogP contribution in [0.25, 0.3) is 0 Å². The van der Waals surface area contributed by atoms with Crippen molar-refractivity contribution in [1.82, 2.24) is 4.98 Å². The van der Waals surface area contributed by atoms with Gasteiger partial charge >= 0.3 is 0 Å². The molecule has 1 heterocycles. The van der Waals surface area contributed by atoms with Crippen LogP contribution in [0.2, 0.25) is 0 Å². The number of nitrogens with zero attached hydrogens (tertiary/aromatic N) is 3. The van der Waals surface area contributed by atoms with E-state index in [1.165, 1.54) is 0 Å². The molecule has 0 saturated heterocycles. The first-order chi connectivity index (χ1) is 9.08. The van der Waals surface area contributed by atoms with Crippen molar-refractivity contribution < 1.29 is 4.92 Å². The number of anilines is 1. The van der Waals surface area contributed by atoms with Gasteiger partial charge in [0.05, 0.1) is 9.93 Å². The fraction of sp³-hybridized carbons (Fsp3) is 0.308. The van der Waals surface area contributed by atoms with E-state index in [-0.39, 0.29) is 10.6 Å². The summed E-state index contributed by atoms with van der Waals surface area (Å²) in [4.78, 5) is 16.7. The highest BCUT2D eigenvalue weighted by atomic mass is 32.1. The van der Waals surface area contributed by atoms with Crippen LogP contribution in [0.3, 0.4) is 0 Å². The van der Waals surface area contributed by atoms with Crippen molar-refractivity contribution >= 4 is 22.7 Å². The van der Waals surface area contributed by atoms with E-state index in [1.807, 2.05) is 18.5 Å². The summed E-state index contributed by atoms with van der Waals surface area (Å²) in [6, 6.07) is 5.19. The minimum atomic E-state index is -0.352. The number of thiazole rings is 1. The predicted molar refractivity (Wildman–Crippen MR) is 76.9 cm³/mol. The van der Waals surface area contributed by atoms with E-state index in [9.17, 15) is 10.1 Å². The summed E-state index contributed by atoms with van der Waals surface area (Å²) in [6.45, 7) is 2.60. The van der Waals surface area contributed by atoms with Crippen LogP contribution < -0.4 is 4.90 Å². The molecule has 2 aromatic rings. The standard InChI is InChI=1S/C13H15N3O2S/c1-10-9-11(3-4-12(10)16(17)18)15(2)7-5-13-14-6-8-19-13/h3-4,6,8-9H,5,7H2,1-2H3. The molecule has 0 bridgehead atoms. The zero-order valence-electron chi connectivity index (χ0n) is 10.9.